The minimum Gasteiger partial charge on any atom is -0.497 e. The molecule has 0 N–H and O–H groups in total. The second-order valence-electron chi connectivity index (χ2n) is 8.51. The first-order valence-electron chi connectivity index (χ1n) is 11.3. The van der Waals surface area contributed by atoms with Crippen LogP contribution in [0.4, 0.5) is 0 Å². The molecule has 5 aromatic rings. The van der Waals surface area contributed by atoms with Gasteiger partial charge in [-0.2, -0.15) is 0 Å². The lowest BCUT2D eigenvalue weighted by Gasteiger charge is -2.18. The second-order valence-corrected chi connectivity index (χ2v) is 9.45. The minimum absolute atomic E-state index is 0.117. The Labute approximate surface area is 206 Å². The van der Waals surface area contributed by atoms with Crippen LogP contribution < -0.4 is 15.9 Å². The van der Waals surface area contributed by atoms with Gasteiger partial charge in [0.2, 0.25) is 0 Å². The van der Waals surface area contributed by atoms with Gasteiger partial charge in [-0.05, 0) is 47.4 Å². The highest BCUT2D eigenvalue weighted by Gasteiger charge is 2.18. The fourth-order valence-electron chi connectivity index (χ4n) is 4.20. The van der Waals surface area contributed by atoms with E-state index in [1.54, 1.807) is 23.8 Å². The molecule has 0 radical (unpaired) electrons. The monoisotopic (exact) mass is 484 g/mol. The van der Waals surface area contributed by atoms with Crippen LogP contribution in [0.5, 0.6) is 5.75 Å². The van der Waals surface area contributed by atoms with Crippen LogP contribution in [0.1, 0.15) is 30.9 Å². The second kappa shape index (κ2) is 9.43. The van der Waals surface area contributed by atoms with Crippen LogP contribution in [0.2, 0.25) is 0 Å². The van der Waals surface area contributed by atoms with Crippen molar-refractivity contribution in [3.63, 3.8) is 0 Å². The van der Waals surface area contributed by atoms with Crippen molar-refractivity contribution >= 4 is 33.6 Å². The van der Waals surface area contributed by atoms with Gasteiger partial charge in [-0.25, -0.2) is 9.78 Å². The highest BCUT2D eigenvalue weighted by atomic mass is 32.2. The number of ether oxygens (including phenoxy) is 1. The van der Waals surface area contributed by atoms with Crippen molar-refractivity contribution in [2.24, 2.45) is 0 Å². The van der Waals surface area contributed by atoms with E-state index in [-0.39, 0.29) is 11.5 Å². The summed E-state index contributed by atoms with van der Waals surface area (Å²) in [7, 11) is 1.57. The van der Waals surface area contributed by atoms with E-state index in [0.717, 1.165) is 22.2 Å². The number of nitrogens with zero attached hydrogens (tertiary/aromatic N) is 2. The van der Waals surface area contributed by atoms with Crippen LogP contribution >= 0.6 is 11.8 Å². The zero-order chi connectivity index (χ0) is 24.5. The normalized spacial score (nSPS) is 11.4. The molecule has 0 bridgehead atoms. The maximum atomic E-state index is 13.7. The SMILES string of the molecule is COc1ccc2c(CSc3nc4ccccc4c(=O)n3-c3ccccc3C(C)C)cc(=O)oc2c1. The first-order valence-corrected chi connectivity index (χ1v) is 12.3. The lowest BCUT2D eigenvalue weighted by molar-refractivity contribution is 0.414. The van der Waals surface area contributed by atoms with Gasteiger partial charge in [0.25, 0.3) is 5.56 Å². The van der Waals surface area contributed by atoms with Gasteiger partial charge in [-0.15, -0.1) is 0 Å². The van der Waals surface area contributed by atoms with Gasteiger partial charge in [0, 0.05) is 23.3 Å². The molecule has 2 heterocycles. The number of para-hydroxylation sites is 2. The summed E-state index contributed by atoms with van der Waals surface area (Å²) in [5.74, 6) is 1.27. The highest BCUT2D eigenvalue weighted by Crippen LogP contribution is 2.31. The summed E-state index contributed by atoms with van der Waals surface area (Å²) >= 11 is 1.42. The number of hydrogen-bond acceptors (Lipinski definition) is 6. The number of methoxy groups -OCH3 is 1. The number of fused-ring (bicyclic) bond motifs is 2. The van der Waals surface area contributed by atoms with Gasteiger partial charge >= 0.3 is 5.63 Å². The average Bonchev–Trinajstić information content (AvgIpc) is 2.86. The van der Waals surface area contributed by atoms with Crippen LogP contribution in [0.3, 0.4) is 0 Å². The van der Waals surface area contributed by atoms with Crippen LogP contribution in [0.25, 0.3) is 27.6 Å². The van der Waals surface area contributed by atoms with Gasteiger partial charge in [0.05, 0.1) is 23.7 Å². The standard InChI is InChI=1S/C28H24N2O4S/c1-17(2)20-8-5-7-11-24(20)30-27(32)22-9-4-6-10-23(22)29-28(30)35-16-18-14-26(31)34-25-15-19(33-3)12-13-21(18)25/h4-15,17H,16H2,1-3H3. The van der Waals surface area contributed by atoms with Gasteiger partial charge in [-0.3, -0.25) is 9.36 Å². The Balaban J connectivity index is 1.66. The smallest absolute Gasteiger partial charge is 0.336 e. The molecule has 0 atom stereocenters. The molecule has 7 heteroatoms. The van der Waals surface area contributed by atoms with Crippen molar-refractivity contribution in [1.82, 2.24) is 9.55 Å². The summed E-state index contributed by atoms with van der Waals surface area (Å²) in [5, 5.41) is 1.94. The average molecular weight is 485 g/mol. The molecular formula is C28H24N2O4S. The third-order valence-corrected chi connectivity index (χ3v) is 6.93. The van der Waals surface area contributed by atoms with Crippen molar-refractivity contribution < 1.29 is 9.15 Å². The summed E-state index contributed by atoms with van der Waals surface area (Å²) in [6.45, 7) is 4.21. The van der Waals surface area contributed by atoms with Crippen LogP contribution in [0, 0.1) is 0 Å². The van der Waals surface area contributed by atoms with Crippen molar-refractivity contribution in [2.45, 2.75) is 30.7 Å². The van der Waals surface area contributed by atoms with Crippen LogP contribution in [-0.4, -0.2) is 16.7 Å². The molecule has 0 unspecified atom stereocenters. The maximum absolute atomic E-state index is 13.7. The molecule has 176 valence electrons. The Kier molecular flexibility index (Phi) is 6.17. The number of aromatic nitrogens is 2. The van der Waals surface area contributed by atoms with E-state index in [4.69, 9.17) is 14.1 Å². The van der Waals surface area contributed by atoms with Gasteiger partial charge in [-0.1, -0.05) is 55.9 Å². The van der Waals surface area contributed by atoms with Gasteiger partial charge in [0.1, 0.15) is 11.3 Å². The number of benzene rings is 3. The largest absolute Gasteiger partial charge is 0.497 e. The van der Waals surface area contributed by atoms with E-state index in [9.17, 15) is 9.59 Å². The molecule has 0 aliphatic heterocycles. The van der Waals surface area contributed by atoms with Crippen molar-refractivity contribution in [2.75, 3.05) is 7.11 Å². The molecule has 6 nitrogen and oxygen atoms in total. The van der Waals surface area contributed by atoms with E-state index in [2.05, 4.69) is 13.8 Å². The van der Waals surface area contributed by atoms with E-state index in [0.29, 0.717) is 33.1 Å². The Morgan fingerprint density at radius 1 is 0.971 bits per heavy atom. The molecule has 0 saturated carbocycles. The molecular weight excluding hydrogens is 460 g/mol. The summed E-state index contributed by atoms with van der Waals surface area (Å²) in [4.78, 5) is 30.8. The number of hydrogen-bond donors (Lipinski definition) is 0. The highest BCUT2D eigenvalue weighted by molar-refractivity contribution is 7.98. The summed E-state index contributed by atoms with van der Waals surface area (Å²) in [6.07, 6.45) is 0. The Morgan fingerprint density at radius 3 is 2.54 bits per heavy atom. The summed E-state index contributed by atoms with van der Waals surface area (Å²) < 4.78 is 12.4. The van der Waals surface area contributed by atoms with Crippen LogP contribution in [0.15, 0.2) is 92.0 Å². The third-order valence-electron chi connectivity index (χ3n) is 5.94. The van der Waals surface area contributed by atoms with E-state index >= 15 is 0 Å². The van der Waals surface area contributed by atoms with Gasteiger partial charge in [0.15, 0.2) is 5.16 Å². The fourth-order valence-corrected chi connectivity index (χ4v) is 5.20. The lowest BCUT2D eigenvalue weighted by Crippen LogP contribution is -2.23. The topological polar surface area (TPSA) is 74.3 Å². The van der Waals surface area contributed by atoms with E-state index in [1.807, 2.05) is 54.6 Å². The molecule has 35 heavy (non-hydrogen) atoms. The minimum atomic E-state index is -0.435. The molecule has 2 aromatic heterocycles. The molecule has 0 fully saturated rings. The Hall–Kier alpha value is -3.84. The molecule has 0 amide bonds. The Bertz CT molecular complexity index is 1670. The van der Waals surface area contributed by atoms with Gasteiger partial charge < -0.3 is 9.15 Å². The lowest BCUT2D eigenvalue weighted by atomic mass is 10.0. The van der Waals surface area contributed by atoms with E-state index in [1.165, 1.54) is 17.8 Å². The zero-order valence-electron chi connectivity index (χ0n) is 19.6. The molecule has 0 aliphatic carbocycles. The zero-order valence-corrected chi connectivity index (χ0v) is 20.5. The molecule has 0 spiro atoms. The first-order chi connectivity index (χ1) is 17.0. The van der Waals surface area contributed by atoms with Crippen LogP contribution in [-0.2, 0) is 5.75 Å². The summed E-state index contributed by atoms with van der Waals surface area (Å²) in [6, 6.07) is 22.2. The molecule has 5 rings (SSSR count). The van der Waals surface area contributed by atoms with Crippen molar-refractivity contribution in [3.8, 4) is 11.4 Å². The summed E-state index contributed by atoms with van der Waals surface area (Å²) in [5.41, 5.74) is 3.22. The first kappa shape index (κ1) is 22.9. The quantitative estimate of drug-likeness (QED) is 0.169. The fraction of sp³-hybridized carbons (Fsp3) is 0.179. The molecule has 0 saturated heterocycles. The third kappa shape index (κ3) is 4.35. The predicted molar refractivity (Wildman–Crippen MR) is 140 cm³/mol. The maximum Gasteiger partial charge on any atom is 0.336 e. The number of rotatable bonds is 6. The van der Waals surface area contributed by atoms with Crippen molar-refractivity contribution in [3.05, 3.63) is 105 Å². The predicted octanol–water partition coefficient (Wildman–Crippen LogP) is 5.92. The Morgan fingerprint density at radius 2 is 1.74 bits per heavy atom. The molecule has 0 aliphatic rings. The molecule has 3 aromatic carbocycles. The van der Waals surface area contributed by atoms with Crippen molar-refractivity contribution in [1.29, 1.82) is 0 Å². The van der Waals surface area contributed by atoms with E-state index < -0.39 is 5.63 Å². The number of thioether (sulfide) groups is 1.